The fraction of sp³-hybridized carbons (Fsp3) is 0. The Morgan fingerprint density at radius 3 is 2.65 bits per heavy atom. The van der Waals surface area contributed by atoms with Gasteiger partial charge in [0.15, 0.2) is 5.82 Å². The molecule has 2 aromatic rings. The molecule has 90 valence electrons. The number of H-pyrrole nitrogens is 1. The van der Waals surface area contributed by atoms with Gasteiger partial charge in [-0.3, -0.25) is 0 Å². The van der Waals surface area contributed by atoms with Crippen molar-refractivity contribution in [2.24, 2.45) is 5.14 Å². The minimum atomic E-state index is -3.93. The molecule has 0 unspecified atom stereocenters. The maximum atomic E-state index is 12.9. The molecule has 0 aliphatic carbocycles. The Kier molecular flexibility index (Phi) is 2.98. The smallest absolute Gasteiger partial charge is 0.248 e. The van der Waals surface area contributed by atoms with Crippen molar-refractivity contribution in [1.29, 1.82) is 0 Å². The fourth-order valence-corrected chi connectivity index (χ4v) is 2.08. The summed E-state index contributed by atoms with van der Waals surface area (Å²) in [5.41, 5.74) is 0.456. The van der Waals surface area contributed by atoms with E-state index in [0.717, 1.165) is 0 Å². The van der Waals surface area contributed by atoms with E-state index in [0.29, 0.717) is 10.0 Å². The van der Waals surface area contributed by atoms with Crippen LogP contribution >= 0.6 is 15.9 Å². The number of aromatic nitrogens is 3. The largest absolute Gasteiger partial charge is 0.273 e. The summed E-state index contributed by atoms with van der Waals surface area (Å²) < 4.78 is 35.3. The number of benzene rings is 1. The molecule has 3 N–H and O–H groups in total. The number of halogens is 2. The Morgan fingerprint density at radius 1 is 1.41 bits per heavy atom. The average Bonchev–Trinajstić information content (AvgIpc) is 2.65. The zero-order chi connectivity index (χ0) is 12.6. The van der Waals surface area contributed by atoms with Gasteiger partial charge in [-0.2, -0.15) is 10.1 Å². The molecule has 1 aromatic heterocycles. The summed E-state index contributed by atoms with van der Waals surface area (Å²) in [5.74, 6) is -0.316. The molecule has 9 heteroatoms. The molecule has 17 heavy (non-hydrogen) atoms. The van der Waals surface area contributed by atoms with Crippen LogP contribution in [0.1, 0.15) is 0 Å². The summed E-state index contributed by atoms with van der Waals surface area (Å²) in [4.78, 5) is 3.71. The molecule has 6 nitrogen and oxygen atoms in total. The highest BCUT2D eigenvalue weighted by atomic mass is 79.9. The summed E-state index contributed by atoms with van der Waals surface area (Å²) >= 11 is 3.13. The van der Waals surface area contributed by atoms with Crippen molar-refractivity contribution in [1.82, 2.24) is 15.2 Å². The SMILES string of the molecule is NS(=O)(=O)c1nc(-c2ccc(F)cc2Br)n[nH]1. The lowest BCUT2D eigenvalue weighted by Gasteiger charge is -1.98. The molecule has 0 amide bonds. The monoisotopic (exact) mass is 320 g/mol. The zero-order valence-corrected chi connectivity index (χ0v) is 10.6. The third-order valence-electron chi connectivity index (χ3n) is 1.91. The van der Waals surface area contributed by atoms with Crippen molar-refractivity contribution < 1.29 is 12.8 Å². The Bertz CT molecular complexity index is 670. The van der Waals surface area contributed by atoms with E-state index in [2.05, 4.69) is 31.1 Å². The van der Waals surface area contributed by atoms with E-state index in [4.69, 9.17) is 5.14 Å². The van der Waals surface area contributed by atoms with Gasteiger partial charge in [0, 0.05) is 10.0 Å². The Balaban J connectivity index is 2.51. The molecule has 0 saturated carbocycles. The van der Waals surface area contributed by atoms with E-state index in [1.54, 1.807) is 0 Å². The van der Waals surface area contributed by atoms with Crippen LogP contribution in [0.15, 0.2) is 27.8 Å². The number of rotatable bonds is 2. The minimum absolute atomic E-state index is 0.112. The van der Waals surface area contributed by atoms with Gasteiger partial charge in [0.25, 0.3) is 15.2 Å². The Hall–Kier alpha value is -1.32. The molecule has 1 heterocycles. The number of hydrogen-bond acceptors (Lipinski definition) is 4. The lowest BCUT2D eigenvalue weighted by atomic mass is 10.2. The van der Waals surface area contributed by atoms with E-state index in [-0.39, 0.29) is 5.82 Å². The van der Waals surface area contributed by atoms with Crippen LogP contribution in [-0.2, 0) is 10.0 Å². The molecule has 2 rings (SSSR count). The van der Waals surface area contributed by atoms with Gasteiger partial charge in [0.2, 0.25) is 0 Å². The van der Waals surface area contributed by atoms with Crippen molar-refractivity contribution in [2.45, 2.75) is 5.16 Å². The second-order valence-corrected chi connectivity index (χ2v) is 5.46. The molecule has 0 aliphatic rings. The summed E-state index contributed by atoms with van der Waals surface area (Å²) in [6, 6.07) is 3.87. The van der Waals surface area contributed by atoms with Crippen LogP contribution in [0.2, 0.25) is 0 Å². The first-order chi connectivity index (χ1) is 7.88. The number of primary sulfonamides is 1. The molecule has 1 aromatic carbocycles. The van der Waals surface area contributed by atoms with Gasteiger partial charge in [-0.05, 0) is 34.1 Å². The van der Waals surface area contributed by atoms with Gasteiger partial charge in [0.1, 0.15) is 5.82 Å². The van der Waals surface area contributed by atoms with E-state index in [1.807, 2.05) is 0 Å². The molecule has 0 bridgehead atoms. The highest BCUT2D eigenvalue weighted by Crippen LogP contribution is 2.26. The van der Waals surface area contributed by atoms with Gasteiger partial charge < -0.3 is 0 Å². The molecule has 0 radical (unpaired) electrons. The zero-order valence-electron chi connectivity index (χ0n) is 8.18. The number of hydrogen-bond donors (Lipinski definition) is 2. The normalized spacial score (nSPS) is 11.7. The lowest BCUT2D eigenvalue weighted by Crippen LogP contribution is -2.13. The minimum Gasteiger partial charge on any atom is -0.248 e. The van der Waals surface area contributed by atoms with Crippen LogP contribution in [0, 0.1) is 5.82 Å². The molecule has 0 aliphatic heterocycles. The quantitative estimate of drug-likeness (QED) is 0.862. The average molecular weight is 321 g/mol. The molecule has 0 saturated heterocycles. The number of nitrogens with one attached hydrogen (secondary N) is 1. The standard InChI is InChI=1S/C8H6BrFN4O2S/c9-6-3-4(10)1-2-5(6)7-12-8(14-13-7)17(11,15)16/h1-3H,(H2,11,15,16)(H,12,13,14). The third kappa shape index (κ3) is 2.51. The maximum absolute atomic E-state index is 12.9. The van der Waals surface area contributed by atoms with Crippen molar-refractivity contribution in [3.63, 3.8) is 0 Å². The lowest BCUT2D eigenvalue weighted by molar-refractivity contribution is 0.589. The van der Waals surface area contributed by atoms with Crippen molar-refractivity contribution in [3.8, 4) is 11.4 Å². The molecule has 0 spiro atoms. The Morgan fingerprint density at radius 2 is 2.12 bits per heavy atom. The fourth-order valence-electron chi connectivity index (χ4n) is 1.17. The van der Waals surface area contributed by atoms with E-state index >= 15 is 0 Å². The second-order valence-electron chi connectivity index (χ2n) is 3.13. The summed E-state index contributed by atoms with van der Waals surface area (Å²) in [7, 11) is -3.93. The van der Waals surface area contributed by atoms with Crippen LogP contribution in [-0.4, -0.2) is 23.6 Å². The first-order valence-corrected chi connectivity index (χ1v) is 6.62. The summed E-state index contributed by atoms with van der Waals surface area (Å²) in [6.07, 6.45) is 0. The number of aromatic amines is 1. The van der Waals surface area contributed by atoms with Crippen molar-refractivity contribution in [2.75, 3.05) is 0 Å². The van der Waals surface area contributed by atoms with Crippen LogP contribution in [0.25, 0.3) is 11.4 Å². The Labute approximate surface area is 104 Å². The third-order valence-corrected chi connectivity index (χ3v) is 3.28. The molecule has 0 fully saturated rings. The van der Waals surface area contributed by atoms with E-state index in [1.165, 1.54) is 18.2 Å². The van der Waals surface area contributed by atoms with Crippen molar-refractivity contribution >= 4 is 26.0 Å². The molecular weight excluding hydrogens is 315 g/mol. The van der Waals surface area contributed by atoms with E-state index < -0.39 is 21.0 Å². The topological polar surface area (TPSA) is 102 Å². The maximum Gasteiger partial charge on any atom is 0.273 e. The van der Waals surface area contributed by atoms with Crippen LogP contribution in [0.5, 0.6) is 0 Å². The predicted octanol–water partition coefficient (Wildman–Crippen LogP) is 1.02. The van der Waals surface area contributed by atoms with Gasteiger partial charge in [-0.15, -0.1) is 0 Å². The number of sulfonamides is 1. The van der Waals surface area contributed by atoms with Gasteiger partial charge >= 0.3 is 0 Å². The van der Waals surface area contributed by atoms with Crippen molar-refractivity contribution in [3.05, 3.63) is 28.5 Å². The molecule has 0 atom stereocenters. The second kappa shape index (κ2) is 4.17. The van der Waals surface area contributed by atoms with Crippen LogP contribution in [0.3, 0.4) is 0 Å². The number of nitrogens with zero attached hydrogens (tertiary/aromatic N) is 2. The summed E-state index contributed by atoms with van der Waals surface area (Å²) in [5, 5.41) is 10.3. The van der Waals surface area contributed by atoms with Crippen LogP contribution < -0.4 is 5.14 Å². The van der Waals surface area contributed by atoms with Crippen LogP contribution in [0.4, 0.5) is 4.39 Å². The highest BCUT2D eigenvalue weighted by molar-refractivity contribution is 9.10. The first-order valence-electron chi connectivity index (χ1n) is 4.28. The number of nitrogens with two attached hydrogens (primary N) is 1. The van der Waals surface area contributed by atoms with Gasteiger partial charge in [0.05, 0.1) is 0 Å². The first kappa shape index (κ1) is 12.1. The summed E-state index contributed by atoms with van der Waals surface area (Å²) in [6.45, 7) is 0. The molecular formula is C8H6BrFN4O2S. The van der Waals surface area contributed by atoms with E-state index in [9.17, 15) is 12.8 Å². The predicted molar refractivity (Wildman–Crippen MR) is 60.8 cm³/mol. The highest BCUT2D eigenvalue weighted by Gasteiger charge is 2.16. The van der Waals surface area contributed by atoms with Gasteiger partial charge in [-0.25, -0.2) is 23.0 Å². The van der Waals surface area contributed by atoms with Gasteiger partial charge in [-0.1, -0.05) is 0 Å².